The standard InChI is InChI=1S/C24H22N4O3S2/c1-31-19-12-10-17(11-13-19)24-20(16-27(26-24)18-7-4-3-5-8-18)22-15-21(23-9-6-14-32-23)25-28(22)33(2,29)30/h3-14,16,22H,15H2,1-2H3/t22-/m1/s1. The first kappa shape index (κ1) is 21.4. The summed E-state index contributed by atoms with van der Waals surface area (Å²) in [5.74, 6) is 0.740. The van der Waals surface area contributed by atoms with Crippen molar-refractivity contribution in [3.05, 3.63) is 88.7 Å². The van der Waals surface area contributed by atoms with Gasteiger partial charge in [0.05, 0.1) is 41.4 Å². The Balaban J connectivity index is 1.64. The summed E-state index contributed by atoms with van der Waals surface area (Å²) in [6.07, 6.45) is 3.57. The Morgan fingerprint density at radius 2 is 1.79 bits per heavy atom. The molecule has 0 amide bonds. The van der Waals surface area contributed by atoms with E-state index in [0.29, 0.717) is 12.1 Å². The Bertz CT molecular complexity index is 1390. The van der Waals surface area contributed by atoms with E-state index in [1.165, 1.54) is 10.7 Å². The zero-order valence-electron chi connectivity index (χ0n) is 18.1. The molecule has 0 aliphatic carbocycles. The van der Waals surface area contributed by atoms with Crippen molar-refractivity contribution in [2.24, 2.45) is 5.10 Å². The first-order valence-electron chi connectivity index (χ1n) is 10.3. The van der Waals surface area contributed by atoms with E-state index in [1.807, 2.05) is 78.3 Å². The lowest BCUT2D eigenvalue weighted by atomic mass is 9.99. The minimum Gasteiger partial charge on any atom is -0.497 e. The van der Waals surface area contributed by atoms with E-state index in [1.54, 1.807) is 23.1 Å². The Labute approximate surface area is 196 Å². The zero-order chi connectivity index (χ0) is 23.0. The number of hydrogen-bond donors (Lipinski definition) is 0. The highest BCUT2D eigenvalue weighted by Crippen LogP contribution is 2.40. The van der Waals surface area contributed by atoms with Crippen LogP contribution in [0.5, 0.6) is 5.75 Å². The molecule has 2 aromatic heterocycles. The lowest BCUT2D eigenvalue weighted by molar-refractivity contribution is 0.375. The van der Waals surface area contributed by atoms with Crippen LogP contribution >= 0.6 is 11.3 Å². The van der Waals surface area contributed by atoms with Crippen LogP contribution in [0.4, 0.5) is 0 Å². The largest absolute Gasteiger partial charge is 0.497 e. The molecule has 168 valence electrons. The summed E-state index contributed by atoms with van der Waals surface area (Å²) in [4.78, 5) is 0.965. The number of rotatable bonds is 6. The lowest BCUT2D eigenvalue weighted by Gasteiger charge is -2.21. The average molecular weight is 479 g/mol. The molecule has 1 aliphatic heterocycles. The molecule has 0 bridgehead atoms. The van der Waals surface area contributed by atoms with Gasteiger partial charge in [0.2, 0.25) is 10.0 Å². The van der Waals surface area contributed by atoms with Crippen LogP contribution in [-0.2, 0) is 10.0 Å². The zero-order valence-corrected chi connectivity index (χ0v) is 19.8. The van der Waals surface area contributed by atoms with Gasteiger partial charge in [-0.25, -0.2) is 13.1 Å². The van der Waals surface area contributed by atoms with Crippen LogP contribution in [0.1, 0.15) is 22.9 Å². The normalized spacial score (nSPS) is 16.1. The Hall–Kier alpha value is -3.43. The molecule has 0 saturated carbocycles. The number of hydrogen-bond acceptors (Lipinski definition) is 6. The van der Waals surface area contributed by atoms with Gasteiger partial charge in [0, 0.05) is 23.7 Å². The van der Waals surface area contributed by atoms with Crippen molar-refractivity contribution in [1.29, 1.82) is 0 Å². The van der Waals surface area contributed by atoms with Crippen LogP contribution in [0, 0.1) is 0 Å². The number of benzene rings is 2. The van der Waals surface area contributed by atoms with Crippen molar-refractivity contribution in [2.45, 2.75) is 12.5 Å². The number of sulfonamides is 1. The first-order valence-corrected chi connectivity index (χ1v) is 13.1. The van der Waals surface area contributed by atoms with Gasteiger partial charge in [0.1, 0.15) is 5.75 Å². The summed E-state index contributed by atoms with van der Waals surface area (Å²) >= 11 is 1.55. The third-order valence-corrected chi connectivity index (χ3v) is 7.44. The average Bonchev–Trinajstić information content (AvgIpc) is 3.58. The van der Waals surface area contributed by atoms with Crippen molar-refractivity contribution < 1.29 is 13.2 Å². The predicted octanol–water partition coefficient (Wildman–Crippen LogP) is 4.72. The van der Waals surface area contributed by atoms with Crippen LogP contribution in [-0.4, -0.2) is 41.7 Å². The molecule has 7 nitrogen and oxygen atoms in total. The number of para-hydroxylation sites is 1. The maximum atomic E-state index is 12.7. The second-order valence-electron chi connectivity index (χ2n) is 7.72. The predicted molar refractivity (Wildman–Crippen MR) is 130 cm³/mol. The van der Waals surface area contributed by atoms with E-state index in [9.17, 15) is 8.42 Å². The van der Waals surface area contributed by atoms with Gasteiger partial charge in [-0.2, -0.15) is 14.6 Å². The molecule has 3 heterocycles. The molecule has 0 radical (unpaired) electrons. The van der Waals surface area contributed by atoms with Gasteiger partial charge >= 0.3 is 0 Å². The summed E-state index contributed by atoms with van der Waals surface area (Å²) in [7, 11) is -1.97. The highest BCUT2D eigenvalue weighted by Gasteiger charge is 2.37. The number of thiophene rings is 1. The van der Waals surface area contributed by atoms with E-state index in [0.717, 1.165) is 33.2 Å². The third-order valence-electron chi connectivity index (χ3n) is 5.50. The second-order valence-corrected chi connectivity index (χ2v) is 10.5. The number of methoxy groups -OCH3 is 1. The Morgan fingerprint density at radius 3 is 2.42 bits per heavy atom. The third kappa shape index (κ3) is 4.17. The molecule has 1 atom stereocenters. The monoisotopic (exact) mass is 478 g/mol. The van der Waals surface area contributed by atoms with Crippen LogP contribution < -0.4 is 4.74 Å². The summed E-state index contributed by atoms with van der Waals surface area (Å²) < 4.78 is 33.7. The topological polar surface area (TPSA) is 76.8 Å². The quantitative estimate of drug-likeness (QED) is 0.402. The SMILES string of the molecule is COc1ccc(-c2nn(-c3ccccc3)cc2[C@H]2CC(c3cccs3)=NN2S(C)(=O)=O)cc1. The van der Waals surface area contributed by atoms with E-state index < -0.39 is 16.1 Å². The van der Waals surface area contributed by atoms with E-state index in [4.69, 9.17) is 9.84 Å². The summed E-state index contributed by atoms with van der Waals surface area (Å²) in [6, 6.07) is 20.8. The molecule has 1 aliphatic rings. The molecule has 0 N–H and O–H groups in total. The van der Waals surface area contributed by atoms with Gasteiger partial charge in [0.25, 0.3) is 0 Å². The molecule has 5 rings (SSSR count). The lowest BCUT2D eigenvalue weighted by Crippen LogP contribution is -2.26. The van der Waals surface area contributed by atoms with Crippen molar-refractivity contribution in [3.8, 4) is 22.7 Å². The van der Waals surface area contributed by atoms with Crippen LogP contribution in [0.3, 0.4) is 0 Å². The number of nitrogens with zero attached hydrogens (tertiary/aromatic N) is 4. The molecule has 9 heteroatoms. The molecule has 0 unspecified atom stereocenters. The maximum absolute atomic E-state index is 12.7. The van der Waals surface area contributed by atoms with Crippen molar-refractivity contribution in [2.75, 3.05) is 13.4 Å². The first-order chi connectivity index (χ1) is 15.9. The van der Waals surface area contributed by atoms with Crippen molar-refractivity contribution in [3.63, 3.8) is 0 Å². The maximum Gasteiger partial charge on any atom is 0.247 e. The molecular formula is C24H22N4O3S2. The summed E-state index contributed by atoms with van der Waals surface area (Å²) in [6.45, 7) is 0. The minimum atomic E-state index is -3.60. The number of ether oxygens (including phenoxy) is 1. The Kier molecular flexibility index (Phi) is 5.51. The van der Waals surface area contributed by atoms with E-state index >= 15 is 0 Å². The van der Waals surface area contributed by atoms with E-state index in [2.05, 4.69) is 5.10 Å². The smallest absolute Gasteiger partial charge is 0.247 e. The fourth-order valence-electron chi connectivity index (χ4n) is 3.93. The minimum absolute atomic E-state index is 0.469. The van der Waals surface area contributed by atoms with Gasteiger partial charge in [-0.1, -0.05) is 24.3 Å². The van der Waals surface area contributed by atoms with Crippen LogP contribution in [0.2, 0.25) is 0 Å². The fraction of sp³-hybridized carbons (Fsp3) is 0.167. The fourth-order valence-corrected chi connectivity index (χ4v) is 5.55. The molecule has 0 saturated heterocycles. The highest BCUT2D eigenvalue weighted by molar-refractivity contribution is 7.88. The Morgan fingerprint density at radius 1 is 1.03 bits per heavy atom. The molecule has 0 spiro atoms. The second kappa shape index (κ2) is 8.49. The number of aromatic nitrogens is 2. The number of hydrazone groups is 1. The van der Waals surface area contributed by atoms with E-state index in [-0.39, 0.29) is 0 Å². The molecule has 0 fully saturated rings. The van der Waals surface area contributed by atoms with Gasteiger partial charge in [-0.05, 0) is 47.8 Å². The van der Waals surface area contributed by atoms with Crippen molar-refractivity contribution >= 4 is 27.1 Å². The summed E-state index contributed by atoms with van der Waals surface area (Å²) in [5, 5.41) is 11.3. The highest BCUT2D eigenvalue weighted by atomic mass is 32.2. The van der Waals surface area contributed by atoms with Gasteiger partial charge < -0.3 is 4.74 Å². The van der Waals surface area contributed by atoms with Gasteiger partial charge in [0.15, 0.2) is 0 Å². The van der Waals surface area contributed by atoms with Gasteiger partial charge in [-0.15, -0.1) is 11.3 Å². The van der Waals surface area contributed by atoms with Gasteiger partial charge in [-0.3, -0.25) is 0 Å². The molecule has 4 aromatic rings. The molecular weight excluding hydrogens is 456 g/mol. The van der Waals surface area contributed by atoms with Crippen LogP contribution in [0.15, 0.2) is 83.4 Å². The summed E-state index contributed by atoms with van der Waals surface area (Å²) in [5.41, 5.74) is 4.03. The molecule has 2 aromatic carbocycles. The van der Waals surface area contributed by atoms with Crippen LogP contribution in [0.25, 0.3) is 16.9 Å². The molecule has 33 heavy (non-hydrogen) atoms. The van der Waals surface area contributed by atoms with Crippen molar-refractivity contribution in [1.82, 2.24) is 14.2 Å².